The average Bonchev–Trinajstić information content (AvgIpc) is 3.00. The van der Waals surface area contributed by atoms with Gasteiger partial charge in [-0.3, -0.25) is 4.79 Å². The minimum atomic E-state index is 0.0594. The number of aromatic nitrogens is 2. The first kappa shape index (κ1) is 17.4. The lowest BCUT2D eigenvalue weighted by Crippen LogP contribution is -2.48. The minimum absolute atomic E-state index is 0.0594. The lowest BCUT2D eigenvalue weighted by Gasteiger charge is -2.35. The number of nitrogens with zero attached hydrogens (tertiary/aromatic N) is 3. The van der Waals surface area contributed by atoms with Crippen molar-refractivity contribution in [2.45, 2.75) is 31.3 Å². The van der Waals surface area contributed by atoms with E-state index >= 15 is 0 Å². The van der Waals surface area contributed by atoms with Gasteiger partial charge in [-0.25, -0.2) is 0 Å². The number of rotatable bonds is 4. The fourth-order valence-electron chi connectivity index (χ4n) is 2.60. The number of halogens is 1. The Bertz CT molecular complexity index is 714. The van der Waals surface area contributed by atoms with E-state index < -0.39 is 0 Å². The lowest BCUT2D eigenvalue weighted by molar-refractivity contribution is -0.140. The fraction of sp³-hybridized carbons (Fsp3) is 0.438. The standard InChI is InChI=1S/C16H18BrN3O3S/c1-10-7-20(8-11(2)22-10)14(21)9-24-16-19-18-15(23-16)12-4-3-5-13(17)6-12/h3-6,10-11H,7-9H2,1-2H3/t10-,11-/m0/s1. The number of thioether (sulfide) groups is 1. The summed E-state index contributed by atoms with van der Waals surface area (Å²) in [5, 5.41) is 8.44. The van der Waals surface area contributed by atoms with E-state index in [1.165, 1.54) is 11.8 Å². The van der Waals surface area contributed by atoms with Crippen LogP contribution in [0.25, 0.3) is 11.5 Å². The molecule has 3 rings (SSSR count). The molecular formula is C16H18BrN3O3S. The summed E-state index contributed by atoms with van der Waals surface area (Å²) >= 11 is 4.67. The number of morpholine rings is 1. The van der Waals surface area contributed by atoms with Crippen molar-refractivity contribution in [2.75, 3.05) is 18.8 Å². The van der Waals surface area contributed by atoms with Crippen molar-refractivity contribution in [1.29, 1.82) is 0 Å². The highest BCUT2D eigenvalue weighted by Gasteiger charge is 2.26. The molecule has 1 fully saturated rings. The summed E-state index contributed by atoms with van der Waals surface area (Å²) in [7, 11) is 0. The summed E-state index contributed by atoms with van der Waals surface area (Å²) in [6.45, 7) is 5.20. The molecule has 1 aliphatic heterocycles. The fourth-order valence-corrected chi connectivity index (χ4v) is 3.67. The second-order valence-corrected chi connectivity index (χ2v) is 7.57. The molecule has 0 unspecified atom stereocenters. The molecule has 0 aliphatic carbocycles. The second-order valence-electron chi connectivity index (χ2n) is 5.73. The first-order valence-corrected chi connectivity index (χ1v) is 9.44. The molecule has 24 heavy (non-hydrogen) atoms. The Balaban J connectivity index is 1.58. The van der Waals surface area contributed by atoms with Crippen LogP contribution in [-0.4, -0.2) is 52.1 Å². The van der Waals surface area contributed by atoms with Crippen molar-refractivity contribution in [3.05, 3.63) is 28.7 Å². The van der Waals surface area contributed by atoms with Crippen LogP contribution in [0.2, 0.25) is 0 Å². The minimum Gasteiger partial charge on any atom is -0.411 e. The zero-order valence-electron chi connectivity index (χ0n) is 13.4. The molecule has 0 spiro atoms. The number of benzene rings is 1. The van der Waals surface area contributed by atoms with Crippen LogP contribution < -0.4 is 0 Å². The van der Waals surface area contributed by atoms with E-state index in [9.17, 15) is 4.79 Å². The number of ether oxygens (including phenoxy) is 1. The molecule has 1 aromatic carbocycles. The molecule has 6 nitrogen and oxygen atoms in total. The quantitative estimate of drug-likeness (QED) is 0.719. The summed E-state index contributed by atoms with van der Waals surface area (Å²) < 4.78 is 12.2. The Morgan fingerprint density at radius 1 is 1.33 bits per heavy atom. The zero-order valence-corrected chi connectivity index (χ0v) is 15.8. The van der Waals surface area contributed by atoms with Crippen LogP contribution in [-0.2, 0) is 9.53 Å². The summed E-state index contributed by atoms with van der Waals surface area (Å²) in [5.41, 5.74) is 0.839. The van der Waals surface area contributed by atoms with Gasteiger partial charge in [0.15, 0.2) is 0 Å². The van der Waals surface area contributed by atoms with Crippen LogP contribution in [0.3, 0.4) is 0 Å². The van der Waals surface area contributed by atoms with E-state index in [4.69, 9.17) is 9.15 Å². The Kier molecular flexibility index (Phi) is 5.57. The molecular weight excluding hydrogens is 394 g/mol. The maximum Gasteiger partial charge on any atom is 0.277 e. The third-order valence-electron chi connectivity index (χ3n) is 3.57. The van der Waals surface area contributed by atoms with Crippen molar-refractivity contribution in [1.82, 2.24) is 15.1 Å². The summed E-state index contributed by atoms with van der Waals surface area (Å²) in [5.74, 6) is 0.781. The van der Waals surface area contributed by atoms with E-state index in [0.29, 0.717) is 24.2 Å². The van der Waals surface area contributed by atoms with Crippen molar-refractivity contribution in [3.8, 4) is 11.5 Å². The third-order valence-corrected chi connectivity index (χ3v) is 4.87. The normalized spacial score (nSPS) is 21.0. The molecule has 2 heterocycles. The predicted octanol–water partition coefficient (Wildman–Crippen LogP) is 3.23. The number of amides is 1. The molecule has 1 aliphatic rings. The second kappa shape index (κ2) is 7.67. The van der Waals surface area contributed by atoms with Gasteiger partial charge < -0.3 is 14.1 Å². The molecule has 128 valence electrons. The zero-order chi connectivity index (χ0) is 17.1. The van der Waals surface area contributed by atoms with E-state index in [1.807, 2.05) is 43.0 Å². The van der Waals surface area contributed by atoms with Gasteiger partial charge in [0, 0.05) is 23.1 Å². The van der Waals surface area contributed by atoms with Gasteiger partial charge in [0.05, 0.1) is 18.0 Å². The van der Waals surface area contributed by atoms with Gasteiger partial charge in [-0.15, -0.1) is 10.2 Å². The third kappa shape index (κ3) is 4.37. The molecule has 1 saturated heterocycles. The van der Waals surface area contributed by atoms with Crippen LogP contribution >= 0.6 is 27.7 Å². The molecule has 2 aromatic rings. The summed E-state index contributed by atoms with van der Waals surface area (Å²) in [6.07, 6.45) is 0.128. The van der Waals surface area contributed by atoms with Gasteiger partial charge in [0.2, 0.25) is 11.8 Å². The highest BCUT2D eigenvalue weighted by Crippen LogP contribution is 2.25. The highest BCUT2D eigenvalue weighted by molar-refractivity contribution is 9.10. The van der Waals surface area contributed by atoms with Gasteiger partial charge >= 0.3 is 0 Å². The Labute approximate surface area is 153 Å². The summed E-state index contributed by atoms with van der Waals surface area (Å²) in [4.78, 5) is 14.2. The van der Waals surface area contributed by atoms with E-state index in [0.717, 1.165) is 10.0 Å². The largest absolute Gasteiger partial charge is 0.411 e. The SMILES string of the molecule is C[C@H]1CN(C(=O)CSc2nnc(-c3cccc(Br)c3)o2)C[C@H](C)O1. The molecule has 1 amide bonds. The van der Waals surface area contributed by atoms with Gasteiger partial charge in [-0.1, -0.05) is 33.8 Å². The number of hydrogen-bond donors (Lipinski definition) is 0. The molecule has 1 aromatic heterocycles. The van der Waals surface area contributed by atoms with Gasteiger partial charge in [-0.05, 0) is 32.0 Å². The Morgan fingerprint density at radius 3 is 2.79 bits per heavy atom. The first-order valence-electron chi connectivity index (χ1n) is 7.66. The molecule has 0 saturated carbocycles. The highest BCUT2D eigenvalue weighted by atomic mass is 79.9. The van der Waals surface area contributed by atoms with E-state index in [2.05, 4.69) is 26.1 Å². The van der Waals surface area contributed by atoms with Crippen molar-refractivity contribution in [3.63, 3.8) is 0 Å². The Hall–Kier alpha value is -1.38. The van der Waals surface area contributed by atoms with Crippen molar-refractivity contribution < 1.29 is 13.9 Å². The maximum atomic E-state index is 12.3. The van der Waals surface area contributed by atoms with Gasteiger partial charge in [-0.2, -0.15) is 0 Å². The van der Waals surface area contributed by atoms with E-state index in [1.54, 1.807) is 0 Å². The molecule has 0 bridgehead atoms. The van der Waals surface area contributed by atoms with Gasteiger partial charge in [0.1, 0.15) is 0 Å². The molecule has 0 radical (unpaired) electrons. The van der Waals surface area contributed by atoms with Crippen molar-refractivity contribution in [2.24, 2.45) is 0 Å². The van der Waals surface area contributed by atoms with Crippen LogP contribution in [0.4, 0.5) is 0 Å². The molecule has 2 atom stereocenters. The smallest absolute Gasteiger partial charge is 0.277 e. The van der Waals surface area contributed by atoms with Crippen molar-refractivity contribution >= 4 is 33.6 Å². The predicted molar refractivity (Wildman–Crippen MR) is 94.7 cm³/mol. The Morgan fingerprint density at radius 2 is 2.08 bits per heavy atom. The van der Waals surface area contributed by atoms with E-state index in [-0.39, 0.29) is 23.9 Å². The molecule has 8 heteroatoms. The lowest BCUT2D eigenvalue weighted by atomic mass is 10.2. The average molecular weight is 412 g/mol. The van der Waals surface area contributed by atoms with Crippen LogP contribution in [0, 0.1) is 0 Å². The number of hydrogen-bond acceptors (Lipinski definition) is 6. The van der Waals surface area contributed by atoms with Crippen LogP contribution in [0.15, 0.2) is 38.4 Å². The molecule has 0 N–H and O–H groups in total. The number of carbonyl (C=O) groups is 1. The number of carbonyl (C=O) groups excluding carboxylic acids is 1. The first-order chi connectivity index (χ1) is 11.5. The van der Waals surface area contributed by atoms with Crippen LogP contribution in [0.5, 0.6) is 0 Å². The maximum absolute atomic E-state index is 12.3. The topological polar surface area (TPSA) is 68.5 Å². The van der Waals surface area contributed by atoms with Crippen LogP contribution in [0.1, 0.15) is 13.8 Å². The summed E-state index contributed by atoms with van der Waals surface area (Å²) in [6, 6.07) is 7.64. The monoisotopic (exact) mass is 411 g/mol. The van der Waals surface area contributed by atoms with Gasteiger partial charge in [0.25, 0.3) is 5.22 Å².